The third-order valence-electron chi connectivity index (χ3n) is 7.56. The maximum Gasteiger partial charge on any atom is 0.414 e. The minimum atomic E-state index is -0.825. The lowest BCUT2D eigenvalue weighted by Crippen LogP contribution is -2.33. The zero-order valence-electron chi connectivity index (χ0n) is 30.1. The van der Waals surface area contributed by atoms with E-state index in [0.717, 1.165) is 24.3 Å². The smallest absolute Gasteiger partial charge is 0.414 e. The van der Waals surface area contributed by atoms with E-state index in [1.54, 1.807) is 39.0 Å². The number of aromatic nitrogens is 2. The predicted octanol–water partition coefficient (Wildman–Crippen LogP) is 5.66. The first kappa shape index (κ1) is 38.1. The second-order valence-corrected chi connectivity index (χ2v) is 12.4. The van der Waals surface area contributed by atoms with Crippen LogP contribution in [0.25, 0.3) is 11.0 Å². The number of nitrogens with two attached hydrogens (primary N) is 1. The van der Waals surface area contributed by atoms with Crippen LogP contribution in [0, 0.1) is 0 Å². The van der Waals surface area contributed by atoms with Crippen LogP contribution in [0.4, 0.5) is 27.0 Å². The van der Waals surface area contributed by atoms with Crippen molar-refractivity contribution in [3.8, 4) is 17.2 Å². The minimum absolute atomic E-state index is 0.0531. The van der Waals surface area contributed by atoms with Crippen LogP contribution < -0.4 is 41.1 Å². The summed E-state index contributed by atoms with van der Waals surface area (Å²) >= 11 is 0. The number of anilines is 3. The number of amides is 2. The van der Waals surface area contributed by atoms with Gasteiger partial charge in [0.1, 0.15) is 23.6 Å². The number of nitrogens with one attached hydrogen (secondary N) is 2. The molecule has 0 bridgehead atoms. The molecule has 15 nitrogen and oxygen atoms in total. The van der Waals surface area contributed by atoms with Gasteiger partial charge in [-0.05, 0) is 70.9 Å². The van der Waals surface area contributed by atoms with Gasteiger partial charge in [-0.3, -0.25) is 5.32 Å². The van der Waals surface area contributed by atoms with Crippen LogP contribution in [-0.2, 0) is 22.5 Å². The standard InChI is InChI=1S/C36H46N6O9/c1-8-42(9-2)25-11-12-26-24(18-30(43)50-27(26)19-25)21-49-35(45)41-33-39-20-23(32(37)40-33)15-22-16-28(46-6)31(29(17-22)47-7)48-14-10-13-38-34(44)51-36(3,4)5/h11-12,16-20H,8-10,13-15,21H2,1-7H3,(H,38,44)(H3,37,39,40,41,45). The van der Waals surface area contributed by atoms with Crippen LogP contribution in [0.5, 0.6) is 17.2 Å². The highest BCUT2D eigenvalue weighted by atomic mass is 16.6. The number of benzene rings is 2. The van der Waals surface area contributed by atoms with Gasteiger partial charge in [0.25, 0.3) is 0 Å². The van der Waals surface area contributed by atoms with E-state index in [2.05, 4.69) is 25.5 Å². The summed E-state index contributed by atoms with van der Waals surface area (Å²) in [5, 5.41) is 5.83. The highest BCUT2D eigenvalue weighted by molar-refractivity contribution is 5.85. The van der Waals surface area contributed by atoms with E-state index in [0.29, 0.717) is 58.7 Å². The number of nitrogen functional groups attached to an aromatic ring is 1. The van der Waals surface area contributed by atoms with Crippen molar-refractivity contribution in [2.24, 2.45) is 0 Å². The number of hydrogen-bond donors (Lipinski definition) is 3. The molecule has 0 saturated heterocycles. The molecule has 0 radical (unpaired) electrons. The van der Waals surface area contributed by atoms with E-state index in [1.807, 2.05) is 26.0 Å². The van der Waals surface area contributed by atoms with E-state index < -0.39 is 23.4 Å². The molecule has 0 atom stereocenters. The van der Waals surface area contributed by atoms with Gasteiger partial charge < -0.3 is 44.1 Å². The summed E-state index contributed by atoms with van der Waals surface area (Å²) in [4.78, 5) is 47.4. The van der Waals surface area contributed by atoms with E-state index in [1.165, 1.54) is 26.5 Å². The number of fused-ring (bicyclic) bond motifs is 1. The van der Waals surface area contributed by atoms with E-state index in [9.17, 15) is 14.4 Å². The first-order valence-corrected chi connectivity index (χ1v) is 16.6. The van der Waals surface area contributed by atoms with E-state index in [4.69, 9.17) is 33.8 Å². The molecule has 2 aromatic carbocycles. The number of carbonyl (C=O) groups excluding carboxylic acids is 2. The van der Waals surface area contributed by atoms with Gasteiger partial charge >= 0.3 is 17.8 Å². The Balaban J connectivity index is 1.36. The maximum atomic E-state index is 12.7. The van der Waals surface area contributed by atoms with Gasteiger partial charge in [0.2, 0.25) is 11.7 Å². The van der Waals surface area contributed by atoms with Crippen molar-refractivity contribution in [2.45, 2.75) is 59.7 Å². The summed E-state index contributed by atoms with van der Waals surface area (Å²) in [6.07, 6.45) is 1.03. The first-order valence-electron chi connectivity index (χ1n) is 16.6. The fourth-order valence-corrected chi connectivity index (χ4v) is 5.16. The van der Waals surface area contributed by atoms with Crippen molar-refractivity contribution in [2.75, 3.05) is 56.4 Å². The Morgan fingerprint density at radius 2 is 1.69 bits per heavy atom. The molecule has 0 fully saturated rings. The minimum Gasteiger partial charge on any atom is -0.493 e. The van der Waals surface area contributed by atoms with E-state index in [-0.39, 0.29) is 25.0 Å². The number of alkyl carbamates (subject to hydrolysis) is 1. The molecule has 0 saturated carbocycles. The van der Waals surface area contributed by atoms with Gasteiger partial charge in [0, 0.05) is 66.6 Å². The molecule has 2 heterocycles. The highest BCUT2D eigenvalue weighted by Gasteiger charge is 2.18. The Bertz CT molecular complexity index is 1860. The van der Waals surface area contributed by atoms with Crippen LogP contribution in [-0.4, -0.2) is 68.2 Å². The number of rotatable bonds is 15. The zero-order valence-corrected chi connectivity index (χ0v) is 30.1. The fraction of sp³-hybridized carbons (Fsp3) is 0.417. The monoisotopic (exact) mass is 706 g/mol. The average molecular weight is 707 g/mol. The largest absolute Gasteiger partial charge is 0.493 e. The Morgan fingerprint density at radius 1 is 0.980 bits per heavy atom. The Morgan fingerprint density at radius 3 is 2.31 bits per heavy atom. The number of methoxy groups -OCH3 is 2. The second-order valence-electron chi connectivity index (χ2n) is 12.4. The molecule has 0 aliphatic heterocycles. The van der Waals surface area contributed by atoms with Crippen LogP contribution in [0.3, 0.4) is 0 Å². The third-order valence-corrected chi connectivity index (χ3v) is 7.56. The topological polar surface area (TPSA) is 190 Å². The van der Waals surface area contributed by atoms with Gasteiger partial charge in [-0.2, -0.15) is 4.98 Å². The first-order chi connectivity index (χ1) is 24.3. The molecule has 0 aliphatic rings. The number of nitrogens with zero attached hydrogens (tertiary/aromatic N) is 3. The summed E-state index contributed by atoms with van der Waals surface area (Å²) in [6.45, 7) is 11.5. The number of carbonyl (C=O) groups is 2. The van der Waals surface area contributed by atoms with Crippen LogP contribution in [0.15, 0.2) is 51.8 Å². The molecule has 4 rings (SSSR count). The Labute approximate surface area is 296 Å². The third kappa shape index (κ3) is 10.6. The summed E-state index contributed by atoms with van der Waals surface area (Å²) < 4.78 is 33.1. The second kappa shape index (κ2) is 17.3. The quantitative estimate of drug-likeness (QED) is 0.101. The van der Waals surface area contributed by atoms with Crippen molar-refractivity contribution in [3.63, 3.8) is 0 Å². The predicted molar refractivity (Wildman–Crippen MR) is 193 cm³/mol. The SMILES string of the molecule is CCN(CC)c1ccc2c(COC(=O)Nc3ncc(Cc4cc(OC)c(OCCCNC(=O)OC(C)(C)C)c(OC)c4)c(N)n3)cc(=O)oc2c1. The summed E-state index contributed by atoms with van der Waals surface area (Å²) in [5.41, 5.74) is 8.31. The van der Waals surface area contributed by atoms with Gasteiger partial charge in [-0.25, -0.2) is 19.4 Å². The lowest BCUT2D eigenvalue weighted by molar-refractivity contribution is 0.0525. The zero-order chi connectivity index (χ0) is 37.1. The van der Waals surface area contributed by atoms with Gasteiger partial charge in [-0.1, -0.05) is 0 Å². The summed E-state index contributed by atoms with van der Waals surface area (Å²) in [7, 11) is 3.04. The van der Waals surface area contributed by atoms with Crippen LogP contribution in [0.2, 0.25) is 0 Å². The van der Waals surface area contributed by atoms with Crippen molar-refractivity contribution in [3.05, 3.63) is 69.7 Å². The maximum absolute atomic E-state index is 12.7. The van der Waals surface area contributed by atoms with E-state index >= 15 is 0 Å². The molecule has 4 aromatic rings. The molecule has 274 valence electrons. The van der Waals surface area contributed by atoms with Crippen molar-refractivity contribution in [1.29, 1.82) is 0 Å². The molecule has 2 aromatic heterocycles. The summed E-state index contributed by atoms with van der Waals surface area (Å²) in [6, 6.07) is 10.5. The Hall–Kier alpha value is -5.73. The van der Waals surface area contributed by atoms with Crippen LogP contribution in [0.1, 0.15) is 57.7 Å². The molecule has 15 heteroatoms. The highest BCUT2D eigenvalue weighted by Crippen LogP contribution is 2.39. The number of hydrogen-bond acceptors (Lipinski definition) is 13. The lowest BCUT2D eigenvalue weighted by Gasteiger charge is -2.21. The average Bonchev–Trinajstić information content (AvgIpc) is 3.07. The van der Waals surface area contributed by atoms with Gasteiger partial charge in [0.15, 0.2) is 11.5 Å². The molecular weight excluding hydrogens is 660 g/mol. The van der Waals surface area contributed by atoms with Crippen molar-refractivity contribution >= 4 is 40.6 Å². The van der Waals surface area contributed by atoms with Crippen molar-refractivity contribution in [1.82, 2.24) is 15.3 Å². The molecule has 0 spiro atoms. The molecule has 0 aliphatic carbocycles. The van der Waals surface area contributed by atoms with Gasteiger partial charge in [0.05, 0.1) is 20.8 Å². The fourth-order valence-electron chi connectivity index (χ4n) is 5.16. The van der Waals surface area contributed by atoms with Crippen LogP contribution >= 0.6 is 0 Å². The summed E-state index contributed by atoms with van der Waals surface area (Å²) in [5.74, 6) is 1.39. The Kier molecular flexibility index (Phi) is 12.9. The normalized spacial score (nSPS) is 11.1. The van der Waals surface area contributed by atoms with Gasteiger partial charge in [-0.15, -0.1) is 0 Å². The molecule has 51 heavy (non-hydrogen) atoms. The molecular formula is C36H46N6O9. The molecule has 4 N–H and O–H groups in total. The van der Waals surface area contributed by atoms with Crippen molar-refractivity contribution < 1.29 is 37.7 Å². The number of ether oxygens (including phenoxy) is 5. The molecule has 0 unspecified atom stereocenters. The molecule has 2 amide bonds. The lowest BCUT2D eigenvalue weighted by atomic mass is 10.1.